The number of hydrogen-bond donors (Lipinski definition) is 1. The molecule has 2 aromatic carbocycles. The largest absolute Gasteiger partial charge is 0.323 e. The van der Waals surface area contributed by atoms with Crippen molar-refractivity contribution in [1.29, 1.82) is 10.5 Å². The van der Waals surface area contributed by atoms with Gasteiger partial charge in [-0.25, -0.2) is 0 Å². The lowest BCUT2D eigenvalue weighted by molar-refractivity contribution is -0.116. The molecule has 0 spiro atoms. The maximum absolute atomic E-state index is 12.3. The van der Waals surface area contributed by atoms with Gasteiger partial charge in [-0.15, -0.1) is 0 Å². The molecular weight excluding hydrogens is 262 g/mol. The molecule has 1 amide bonds. The number of carbonyl (C=O) groups is 1. The van der Waals surface area contributed by atoms with Crippen LogP contribution in [0.25, 0.3) is 0 Å². The van der Waals surface area contributed by atoms with E-state index in [9.17, 15) is 10.1 Å². The average Bonchev–Trinajstić information content (AvgIpc) is 2.49. The summed E-state index contributed by atoms with van der Waals surface area (Å²) >= 11 is 0. The third-order valence-electron chi connectivity index (χ3n) is 3.17. The lowest BCUT2D eigenvalue weighted by atomic mass is 9.99. The van der Waals surface area contributed by atoms with Crippen LogP contribution < -0.4 is 5.32 Å². The van der Waals surface area contributed by atoms with Gasteiger partial charge in [0.2, 0.25) is 5.91 Å². The SMILES string of the molecule is Cc1cccc(NC(=O)C(C#N)c2ccccc2)c1C#N. The van der Waals surface area contributed by atoms with E-state index in [1.807, 2.05) is 12.1 Å². The molecule has 0 heterocycles. The Bertz CT molecular complexity index is 739. The predicted octanol–water partition coefficient (Wildman–Crippen LogP) is 3.11. The third-order valence-corrected chi connectivity index (χ3v) is 3.17. The molecule has 4 heteroatoms. The van der Waals surface area contributed by atoms with Crippen LogP contribution in [0.2, 0.25) is 0 Å². The molecule has 102 valence electrons. The molecule has 0 aliphatic rings. The molecule has 2 aromatic rings. The zero-order valence-electron chi connectivity index (χ0n) is 11.5. The topological polar surface area (TPSA) is 76.7 Å². The Morgan fingerprint density at radius 1 is 1.10 bits per heavy atom. The minimum atomic E-state index is -0.904. The number of amides is 1. The summed E-state index contributed by atoms with van der Waals surface area (Å²) in [5, 5.41) is 21.1. The van der Waals surface area contributed by atoms with Gasteiger partial charge in [-0.2, -0.15) is 10.5 Å². The van der Waals surface area contributed by atoms with Gasteiger partial charge in [-0.05, 0) is 24.1 Å². The van der Waals surface area contributed by atoms with E-state index in [-0.39, 0.29) is 0 Å². The van der Waals surface area contributed by atoms with Gasteiger partial charge in [0.1, 0.15) is 6.07 Å². The minimum absolute atomic E-state index is 0.413. The molecule has 1 N–H and O–H groups in total. The van der Waals surface area contributed by atoms with Gasteiger partial charge in [0.05, 0.1) is 17.3 Å². The lowest BCUT2D eigenvalue weighted by Crippen LogP contribution is -2.20. The van der Waals surface area contributed by atoms with Crippen LogP contribution in [0.5, 0.6) is 0 Å². The van der Waals surface area contributed by atoms with E-state index in [0.29, 0.717) is 16.8 Å². The number of nitrogens with one attached hydrogen (secondary N) is 1. The summed E-state index contributed by atoms with van der Waals surface area (Å²) in [7, 11) is 0. The van der Waals surface area contributed by atoms with Crippen molar-refractivity contribution in [3.8, 4) is 12.1 Å². The molecule has 0 aromatic heterocycles. The van der Waals surface area contributed by atoms with E-state index in [2.05, 4.69) is 11.4 Å². The summed E-state index contributed by atoms with van der Waals surface area (Å²) < 4.78 is 0. The highest BCUT2D eigenvalue weighted by Gasteiger charge is 2.21. The summed E-state index contributed by atoms with van der Waals surface area (Å²) in [4.78, 5) is 12.3. The van der Waals surface area contributed by atoms with Crippen LogP contribution in [0.3, 0.4) is 0 Å². The van der Waals surface area contributed by atoms with Gasteiger partial charge in [-0.3, -0.25) is 4.79 Å². The van der Waals surface area contributed by atoms with Crippen molar-refractivity contribution < 1.29 is 4.79 Å². The number of nitriles is 2. The van der Waals surface area contributed by atoms with E-state index in [0.717, 1.165) is 5.56 Å². The van der Waals surface area contributed by atoms with E-state index in [1.165, 1.54) is 0 Å². The second kappa shape index (κ2) is 6.36. The standard InChI is InChI=1S/C17H13N3O/c1-12-6-5-9-16(14(12)10-18)20-17(21)15(11-19)13-7-3-2-4-8-13/h2-9,15H,1H3,(H,20,21). The first kappa shape index (κ1) is 14.3. The zero-order chi connectivity index (χ0) is 15.2. The number of rotatable bonds is 3. The highest BCUT2D eigenvalue weighted by atomic mass is 16.1. The fraction of sp³-hybridized carbons (Fsp3) is 0.118. The van der Waals surface area contributed by atoms with Gasteiger partial charge in [0, 0.05) is 0 Å². The fourth-order valence-corrected chi connectivity index (χ4v) is 2.06. The molecule has 0 fully saturated rings. The second-order valence-electron chi connectivity index (χ2n) is 4.57. The summed E-state index contributed by atoms with van der Waals surface area (Å²) in [6.45, 7) is 1.80. The van der Waals surface area contributed by atoms with E-state index >= 15 is 0 Å². The fourth-order valence-electron chi connectivity index (χ4n) is 2.06. The maximum Gasteiger partial charge on any atom is 0.246 e. The first-order chi connectivity index (χ1) is 10.2. The molecule has 0 bridgehead atoms. The van der Waals surface area contributed by atoms with E-state index in [1.54, 1.807) is 49.4 Å². The summed E-state index contributed by atoms with van der Waals surface area (Å²) in [6, 6.07) is 18.1. The molecule has 0 aliphatic heterocycles. The first-order valence-corrected chi connectivity index (χ1v) is 6.42. The first-order valence-electron chi connectivity index (χ1n) is 6.42. The van der Waals surface area contributed by atoms with Crippen LogP contribution in [0, 0.1) is 29.6 Å². The molecule has 4 nitrogen and oxygen atoms in total. The van der Waals surface area contributed by atoms with Gasteiger partial charge < -0.3 is 5.32 Å². The van der Waals surface area contributed by atoms with Crippen molar-refractivity contribution in [2.24, 2.45) is 0 Å². The van der Waals surface area contributed by atoms with E-state index < -0.39 is 11.8 Å². The van der Waals surface area contributed by atoms with Crippen molar-refractivity contribution in [3.63, 3.8) is 0 Å². The monoisotopic (exact) mass is 275 g/mol. The van der Waals surface area contributed by atoms with Crippen LogP contribution in [0.4, 0.5) is 5.69 Å². The molecule has 0 saturated heterocycles. The Hall–Kier alpha value is -3.11. The highest BCUT2D eigenvalue weighted by molar-refractivity contribution is 5.98. The number of carbonyl (C=O) groups excluding carboxylic acids is 1. The number of hydrogen-bond acceptors (Lipinski definition) is 3. The van der Waals surface area contributed by atoms with Crippen molar-refractivity contribution in [1.82, 2.24) is 0 Å². The normalized spacial score (nSPS) is 11.0. The molecule has 1 atom stereocenters. The molecular formula is C17H13N3O. The maximum atomic E-state index is 12.3. The van der Waals surface area contributed by atoms with E-state index in [4.69, 9.17) is 5.26 Å². The smallest absolute Gasteiger partial charge is 0.246 e. The summed E-state index contributed by atoms with van der Waals surface area (Å²) in [5.41, 5.74) is 2.25. The Kier molecular flexibility index (Phi) is 4.33. The van der Waals surface area contributed by atoms with Crippen molar-refractivity contribution in [3.05, 3.63) is 65.2 Å². The Balaban J connectivity index is 2.28. The van der Waals surface area contributed by atoms with Crippen molar-refractivity contribution in [2.45, 2.75) is 12.8 Å². The van der Waals surface area contributed by atoms with Crippen LogP contribution in [-0.4, -0.2) is 5.91 Å². The second-order valence-corrected chi connectivity index (χ2v) is 4.57. The third kappa shape index (κ3) is 3.08. The summed E-state index contributed by atoms with van der Waals surface area (Å²) in [6.07, 6.45) is 0. The highest BCUT2D eigenvalue weighted by Crippen LogP contribution is 2.21. The van der Waals surface area contributed by atoms with Gasteiger partial charge in [0.15, 0.2) is 5.92 Å². The molecule has 0 aliphatic carbocycles. The molecule has 0 saturated carbocycles. The van der Waals surface area contributed by atoms with Gasteiger partial charge in [0.25, 0.3) is 0 Å². The lowest BCUT2D eigenvalue weighted by Gasteiger charge is -2.12. The molecule has 1 unspecified atom stereocenters. The molecule has 0 radical (unpaired) electrons. The van der Waals surface area contributed by atoms with Crippen LogP contribution in [0.15, 0.2) is 48.5 Å². The van der Waals surface area contributed by atoms with Crippen LogP contribution >= 0.6 is 0 Å². The number of nitrogens with zero attached hydrogens (tertiary/aromatic N) is 2. The average molecular weight is 275 g/mol. The predicted molar refractivity (Wildman–Crippen MR) is 79.3 cm³/mol. The Morgan fingerprint density at radius 2 is 1.81 bits per heavy atom. The number of benzene rings is 2. The van der Waals surface area contributed by atoms with Crippen LogP contribution in [-0.2, 0) is 4.79 Å². The van der Waals surface area contributed by atoms with Gasteiger partial charge >= 0.3 is 0 Å². The minimum Gasteiger partial charge on any atom is -0.323 e. The Labute approximate surface area is 123 Å². The Morgan fingerprint density at radius 3 is 2.43 bits per heavy atom. The van der Waals surface area contributed by atoms with Crippen LogP contribution in [0.1, 0.15) is 22.6 Å². The summed E-state index contributed by atoms with van der Waals surface area (Å²) in [5.74, 6) is -1.34. The zero-order valence-corrected chi connectivity index (χ0v) is 11.5. The van der Waals surface area contributed by atoms with Crippen molar-refractivity contribution in [2.75, 3.05) is 5.32 Å². The van der Waals surface area contributed by atoms with Crippen molar-refractivity contribution >= 4 is 11.6 Å². The quantitative estimate of drug-likeness (QED) is 0.934. The molecule has 21 heavy (non-hydrogen) atoms. The van der Waals surface area contributed by atoms with Gasteiger partial charge in [-0.1, -0.05) is 42.5 Å². The number of anilines is 1. The molecule has 2 rings (SSSR count). The number of aryl methyl sites for hydroxylation is 1.